The summed E-state index contributed by atoms with van der Waals surface area (Å²) in [5.41, 5.74) is -2.04. The fourth-order valence-electron chi connectivity index (χ4n) is 2.40. The third-order valence-electron chi connectivity index (χ3n) is 3.59. The highest BCUT2D eigenvalue weighted by Crippen LogP contribution is 2.33. The quantitative estimate of drug-likeness (QED) is 0.378. The molecule has 0 bridgehead atoms. The minimum absolute atomic E-state index is 0.108. The van der Waals surface area contributed by atoms with Gasteiger partial charge in [0.15, 0.2) is 12.1 Å². The summed E-state index contributed by atoms with van der Waals surface area (Å²) < 4.78 is 4.69. The number of ketones is 1. The second-order valence-electron chi connectivity index (χ2n) is 4.88. The van der Waals surface area contributed by atoms with Gasteiger partial charge in [-0.05, 0) is 29.8 Å². The number of carbonyl (C=O) groups is 2. The number of hydrogen-bond donors (Lipinski definition) is 2. The zero-order valence-corrected chi connectivity index (χ0v) is 13.0. The average Bonchev–Trinajstić information content (AvgIpc) is 2.56. The van der Waals surface area contributed by atoms with Gasteiger partial charge in [-0.15, -0.1) is 0 Å². The zero-order valence-electron chi connectivity index (χ0n) is 12.3. The highest BCUT2D eigenvalue weighted by Gasteiger charge is 2.54. The van der Waals surface area contributed by atoms with Crippen molar-refractivity contribution in [2.24, 2.45) is 0 Å². The van der Waals surface area contributed by atoms with E-state index < -0.39 is 23.5 Å². The van der Waals surface area contributed by atoms with Gasteiger partial charge in [-0.1, -0.05) is 41.9 Å². The van der Waals surface area contributed by atoms with Gasteiger partial charge in [0.25, 0.3) is 0 Å². The van der Waals surface area contributed by atoms with Crippen LogP contribution in [0.15, 0.2) is 54.6 Å². The first-order valence-electron chi connectivity index (χ1n) is 6.75. The van der Waals surface area contributed by atoms with Gasteiger partial charge in [-0.2, -0.15) is 0 Å². The maximum atomic E-state index is 13.0. The van der Waals surface area contributed by atoms with Crippen LogP contribution in [0.1, 0.15) is 15.9 Å². The Labute approximate surface area is 138 Å². The third kappa shape index (κ3) is 2.99. The molecule has 0 spiro atoms. The first-order chi connectivity index (χ1) is 10.9. The molecule has 5 nitrogen and oxygen atoms in total. The smallest absolute Gasteiger partial charge is 0.329 e. The fraction of sp³-hybridized carbons (Fsp3) is 0.176. The lowest BCUT2D eigenvalue weighted by Gasteiger charge is -2.31. The zero-order chi connectivity index (χ0) is 17.0. The van der Waals surface area contributed by atoms with E-state index in [9.17, 15) is 19.8 Å². The third-order valence-corrected chi connectivity index (χ3v) is 3.84. The molecular formula is C17H15ClO5. The predicted octanol–water partition coefficient (Wildman–Crippen LogP) is 1.94. The molecule has 0 amide bonds. The SMILES string of the molecule is COC(=O)C(C(=O)c1ccc(Cl)cc1)(c1ccccc1)C(O)O. The van der Waals surface area contributed by atoms with Crippen LogP contribution in [0.3, 0.4) is 0 Å². The van der Waals surface area contributed by atoms with Crippen molar-refractivity contribution in [3.63, 3.8) is 0 Å². The first-order valence-corrected chi connectivity index (χ1v) is 7.12. The number of ether oxygens (including phenoxy) is 1. The number of halogens is 1. The summed E-state index contributed by atoms with van der Waals surface area (Å²) in [6.07, 6.45) is -2.28. The van der Waals surface area contributed by atoms with Gasteiger partial charge in [0, 0.05) is 10.6 Å². The Morgan fingerprint density at radius 2 is 1.61 bits per heavy atom. The predicted molar refractivity (Wildman–Crippen MR) is 84.1 cm³/mol. The number of Topliss-reactive ketones (excluding diaryl/α,β-unsaturated/α-hetero) is 1. The fourth-order valence-corrected chi connectivity index (χ4v) is 2.53. The monoisotopic (exact) mass is 334 g/mol. The lowest BCUT2D eigenvalue weighted by atomic mass is 9.73. The summed E-state index contributed by atoms with van der Waals surface area (Å²) >= 11 is 5.80. The van der Waals surface area contributed by atoms with Crippen LogP contribution in [0.4, 0.5) is 0 Å². The van der Waals surface area contributed by atoms with Crippen molar-refractivity contribution in [3.8, 4) is 0 Å². The van der Waals surface area contributed by atoms with Gasteiger partial charge < -0.3 is 14.9 Å². The van der Waals surface area contributed by atoms with Crippen LogP contribution in [-0.2, 0) is 14.9 Å². The lowest BCUT2D eigenvalue weighted by Crippen LogP contribution is -2.53. The second-order valence-corrected chi connectivity index (χ2v) is 5.31. The number of esters is 1. The standard InChI is InChI=1S/C17H15ClO5/c1-23-16(22)17(15(20)21,12-5-3-2-4-6-12)14(19)11-7-9-13(18)10-8-11/h2-10,15,20-21H,1H3. The maximum absolute atomic E-state index is 13.0. The molecule has 2 N–H and O–H groups in total. The summed E-state index contributed by atoms with van der Waals surface area (Å²) in [6, 6.07) is 13.6. The lowest BCUT2D eigenvalue weighted by molar-refractivity contribution is -0.162. The largest absolute Gasteiger partial charge is 0.468 e. The van der Waals surface area contributed by atoms with Gasteiger partial charge >= 0.3 is 5.97 Å². The summed E-state index contributed by atoms with van der Waals surface area (Å²) in [4.78, 5) is 25.3. The maximum Gasteiger partial charge on any atom is 0.329 e. The van der Waals surface area contributed by atoms with Gasteiger partial charge in [-0.25, -0.2) is 0 Å². The van der Waals surface area contributed by atoms with Crippen LogP contribution in [0.5, 0.6) is 0 Å². The Bertz CT molecular complexity index is 697. The summed E-state index contributed by atoms with van der Waals surface area (Å²) in [7, 11) is 1.08. The molecule has 2 aromatic rings. The van der Waals surface area contributed by atoms with Crippen LogP contribution in [0, 0.1) is 0 Å². The molecule has 0 fully saturated rings. The minimum Gasteiger partial charge on any atom is -0.468 e. The van der Waals surface area contributed by atoms with Crippen LogP contribution in [0.25, 0.3) is 0 Å². The Morgan fingerprint density at radius 1 is 1.04 bits per heavy atom. The van der Waals surface area contributed by atoms with Crippen molar-refractivity contribution >= 4 is 23.4 Å². The highest BCUT2D eigenvalue weighted by atomic mass is 35.5. The Hall–Kier alpha value is -2.21. The van der Waals surface area contributed by atoms with Crippen LogP contribution in [0.2, 0.25) is 5.02 Å². The Balaban J connectivity index is 2.68. The molecule has 120 valence electrons. The van der Waals surface area contributed by atoms with Crippen molar-refractivity contribution in [3.05, 3.63) is 70.7 Å². The van der Waals surface area contributed by atoms with E-state index in [4.69, 9.17) is 16.3 Å². The number of aliphatic hydroxyl groups excluding tert-OH is 1. The van der Waals surface area contributed by atoms with E-state index in [1.165, 1.54) is 36.4 Å². The molecule has 0 aliphatic carbocycles. The summed E-state index contributed by atoms with van der Waals surface area (Å²) in [5, 5.41) is 20.2. The van der Waals surface area contributed by atoms with E-state index in [-0.39, 0.29) is 11.1 Å². The van der Waals surface area contributed by atoms with E-state index in [1.807, 2.05) is 0 Å². The van der Waals surface area contributed by atoms with Gasteiger partial charge in [0.2, 0.25) is 5.41 Å². The number of rotatable bonds is 5. The van der Waals surface area contributed by atoms with Crippen LogP contribution >= 0.6 is 11.6 Å². The molecule has 2 aromatic carbocycles. The number of carbonyl (C=O) groups excluding carboxylic acids is 2. The highest BCUT2D eigenvalue weighted by molar-refractivity contribution is 6.30. The van der Waals surface area contributed by atoms with E-state index in [0.29, 0.717) is 5.02 Å². The van der Waals surface area contributed by atoms with Crippen LogP contribution < -0.4 is 0 Å². The van der Waals surface area contributed by atoms with Crippen LogP contribution in [-0.4, -0.2) is 35.4 Å². The molecule has 0 saturated carbocycles. The molecule has 1 unspecified atom stereocenters. The molecule has 0 aliphatic heterocycles. The van der Waals surface area contributed by atoms with Crippen molar-refractivity contribution in [2.75, 3.05) is 7.11 Å². The first kappa shape index (κ1) is 17.1. The number of benzene rings is 2. The molecule has 23 heavy (non-hydrogen) atoms. The molecule has 1 atom stereocenters. The second kappa shape index (κ2) is 6.91. The van der Waals surface area contributed by atoms with E-state index >= 15 is 0 Å². The molecular weight excluding hydrogens is 320 g/mol. The number of aliphatic hydroxyl groups is 2. The van der Waals surface area contributed by atoms with Crippen molar-refractivity contribution < 1.29 is 24.5 Å². The van der Waals surface area contributed by atoms with Gasteiger partial charge in [-0.3, -0.25) is 9.59 Å². The number of methoxy groups -OCH3 is 1. The summed E-state index contributed by atoms with van der Waals surface area (Å²) in [5.74, 6) is -1.85. The van der Waals surface area contributed by atoms with Gasteiger partial charge in [0.05, 0.1) is 7.11 Å². The molecule has 0 saturated heterocycles. The summed E-state index contributed by atoms with van der Waals surface area (Å²) in [6.45, 7) is 0. The van der Waals surface area contributed by atoms with Crippen molar-refractivity contribution in [2.45, 2.75) is 11.7 Å². The van der Waals surface area contributed by atoms with E-state index in [0.717, 1.165) is 7.11 Å². The molecule has 0 heterocycles. The molecule has 0 aliphatic rings. The van der Waals surface area contributed by atoms with Crippen molar-refractivity contribution in [1.82, 2.24) is 0 Å². The molecule has 2 rings (SSSR count). The van der Waals surface area contributed by atoms with E-state index in [1.54, 1.807) is 18.2 Å². The Kier molecular flexibility index (Phi) is 5.15. The molecule has 6 heteroatoms. The average molecular weight is 335 g/mol. The molecule has 0 radical (unpaired) electrons. The van der Waals surface area contributed by atoms with Gasteiger partial charge in [0.1, 0.15) is 0 Å². The Morgan fingerprint density at radius 3 is 2.09 bits per heavy atom. The normalized spacial score (nSPS) is 13.4. The van der Waals surface area contributed by atoms with Crippen molar-refractivity contribution in [1.29, 1.82) is 0 Å². The minimum atomic E-state index is -2.28. The number of hydrogen-bond acceptors (Lipinski definition) is 5. The molecule has 0 aromatic heterocycles. The topological polar surface area (TPSA) is 83.8 Å². The van der Waals surface area contributed by atoms with E-state index in [2.05, 4.69) is 0 Å².